The molecule has 0 saturated heterocycles. The summed E-state index contributed by atoms with van der Waals surface area (Å²) in [4.78, 5) is 33.4. The topological polar surface area (TPSA) is 79.8 Å². The highest BCUT2D eigenvalue weighted by Gasteiger charge is 2.08. The van der Waals surface area contributed by atoms with E-state index in [9.17, 15) is 9.59 Å². The van der Waals surface area contributed by atoms with Gasteiger partial charge in [0.05, 0.1) is 10.9 Å². The van der Waals surface area contributed by atoms with Crippen molar-refractivity contribution in [1.82, 2.24) is 14.5 Å². The molecule has 1 amide bonds. The van der Waals surface area contributed by atoms with E-state index in [2.05, 4.69) is 15.3 Å². The van der Waals surface area contributed by atoms with Crippen LogP contribution in [0.25, 0.3) is 10.9 Å². The summed E-state index contributed by atoms with van der Waals surface area (Å²) in [6.45, 7) is 0.529. The molecule has 9 heteroatoms. The van der Waals surface area contributed by atoms with Crippen LogP contribution in [-0.4, -0.2) is 20.4 Å². The number of aromatic amines is 1. The maximum absolute atomic E-state index is 12.7. The number of rotatable bonds is 9. The van der Waals surface area contributed by atoms with E-state index in [1.165, 1.54) is 11.3 Å². The van der Waals surface area contributed by atoms with Crippen LogP contribution in [0.3, 0.4) is 0 Å². The summed E-state index contributed by atoms with van der Waals surface area (Å²) < 4.78 is 2.02. The summed E-state index contributed by atoms with van der Waals surface area (Å²) in [5.41, 5.74) is 1.82. The van der Waals surface area contributed by atoms with Crippen LogP contribution in [-0.2, 0) is 17.8 Å². The Morgan fingerprint density at radius 2 is 1.91 bits per heavy atom. The molecule has 4 rings (SSSR count). The number of carbonyl (C=O) groups excluding carboxylic acids is 1. The largest absolute Gasteiger partial charge is 0.332 e. The average molecular weight is 499 g/mol. The van der Waals surface area contributed by atoms with Gasteiger partial charge in [-0.25, -0.2) is 4.98 Å². The minimum absolute atomic E-state index is 0.0532. The maximum atomic E-state index is 12.7. The molecule has 4 aromatic rings. The van der Waals surface area contributed by atoms with Crippen LogP contribution in [0.4, 0.5) is 5.13 Å². The maximum Gasteiger partial charge on any atom is 0.262 e. The SMILES string of the molecule is O=C(CCCCCn1c(=S)[nH]c2ccccc2c1=O)Nc1ncc(Cc2ccc(Cl)cc2)s1. The third-order valence-electron chi connectivity index (χ3n) is 5.27. The Hall–Kier alpha value is -2.81. The monoisotopic (exact) mass is 498 g/mol. The minimum Gasteiger partial charge on any atom is -0.332 e. The average Bonchev–Trinajstić information content (AvgIpc) is 3.23. The number of nitrogens with zero attached hydrogens (tertiary/aromatic N) is 2. The van der Waals surface area contributed by atoms with Gasteiger partial charge in [-0.3, -0.25) is 14.2 Å². The Morgan fingerprint density at radius 1 is 1.12 bits per heavy atom. The van der Waals surface area contributed by atoms with Crippen molar-refractivity contribution >= 4 is 57.1 Å². The molecule has 0 saturated carbocycles. The molecule has 33 heavy (non-hydrogen) atoms. The molecule has 0 aliphatic carbocycles. The molecular formula is C24H23ClN4O2S2. The lowest BCUT2D eigenvalue weighted by Gasteiger charge is -2.08. The second kappa shape index (κ2) is 10.9. The lowest BCUT2D eigenvalue weighted by Crippen LogP contribution is -2.22. The number of unbranched alkanes of at least 4 members (excludes halogenated alkanes) is 2. The van der Waals surface area contributed by atoms with E-state index in [-0.39, 0.29) is 11.5 Å². The summed E-state index contributed by atoms with van der Waals surface area (Å²) in [5, 5.41) is 4.82. The van der Waals surface area contributed by atoms with E-state index in [1.54, 1.807) is 16.8 Å². The van der Waals surface area contributed by atoms with Crippen molar-refractivity contribution < 1.29 is 4.79 Å². The van der Waals surface area contributed by atoms with Gasteiger partial charge in [0.25, 0.3) is 5.56 Å². The van der Waals surface area contributed by atoms with Crippen LogP contribution < -0.4 is 10.9 Å². The zero-order valence-corrected chi connectivity index (χ0v) is 20.2. The summed E-state index contributed by atoms with van der Waals surface area (Å²) in [5.74, 6) is -0.0532. The molecule has 6 nitrogen and oxygen atoms in total. The molecule has 2 N–H and O–H groups in total. The summed E-state index contributed by atoms with van der Waals surface area (Å²) >= 11 is 12.7. The molecule has 0 radical (unpaired) electrons. The van der Waals surface area contributed by atoms with Gasteiger partial charge in [0.1, 0.15) is 0 Å². The number of carbonyl (C=O) groups is 1. The summed E-state index contributed by atoms with van der Waals surface area (Å²) in [6, 6.07) is 15.1. The van der Waals surface area contributed by atoms with Crippen molar-refractivity contribution in [2.45, 2.75) is 38.6 Å². The number of H-pyrrole nitrogens is 1. The molecule has 2 aromatic carbocycles. The Morgan fingerprint density at radius 3 is 2.73 bits per heavy atom. The van der Waals surface area contributed by atoms with Crippen LogP contribution in [0.1, 0.15) is 36.1 Å². The summed E-state index contributed by atoms with van der Waals surface area (Å²) in [6.07, 6.45) is 5.27. The zero-order valence-electron chi connectivity index (χ0n) is 17.8. The minimum atomic E-state index is -0.0785. The molecule has 0 bridgehead atoms. The van der Waals surface area contributed by atoms with E-state index in [4.69, 9.17) is 23.8 Å². The zero-order chi connectivity index (χ0) is 23.2. The highest BCUT2D eigenvalue weighted by Crippen LogP contribution is 2.22. The summed E-state index contributed by atoms with van der Waals surface area (Å²) in [7, 11) is 0. The van der Waals surface area contributed by atoms with Crippen LogP contribution in [0.2, 0.25) is 5.02 Å². The van der Waals surface area contributed by atoms with E-state index >= 15 is 0 Å². The van der Waals surface area contributed by atoms with Gasteiger partial charge in [-0.05, 0) is 54.9 Å². The highest BCUT2D eigenvalue weighted by atomic mass is 35.5. The Labute approximate surface area is 205 Å². The van der Waals surface area contributed by atoms with Gasteiger partial charge in [0.15, 0.2) is 9.90 Å². The molecule has 0 aliphatic heterocycles. The first-order valence-electron chi connectivity index (χ1n) is 10.7. The van der Waals surface area contributed by atoms with Crippen molar-refractivity contribution in [3.8, 4) is 0 Å². The number of fused-ring (bicyclic) bond motifs is 1. The van der Waals surface area contributed by atoms with Crippen molar-refractivity contribution in [2.75, 3.05) is 5.32 Å². The smallest absolute Gasteiger partial charge is 0.262 e. The van der Waals surface area contributed by atoms with Crippen molar-refractivity contribution in [3.63, 3.8) is 0 Å². The predicted molar refractivity (Wildman–Crippen MR) is 137 cm³/mol. The Bertz CT molecular complexity index is 1380. The number of hydrogen-bond acceptors (Lipinski definition) is 5. The van der Waals surface area contributed by atoms with Crippen molar-refractivity contribution in [2.24, 2.45) is 0 Å². The van der Waals surface area contributed by atoms with Gasteiger partial charge < -0.3 is 10.3 Å². The first-order chi connectivity index (χ1) is 16.0. The fourth-order valence-corrected chi connectivity index (χ4v) is 4.84. The fourth-order valence-electron chi connectivity index (χ4n) is 3.57. The first kappa shape index (κ1) is 23.4. The number of anilines is 1. The molecule has 0 fully saturated rings. The normalized spacial score (nSPS) is 11.1. The van der Waals surface area contributed by atoms with Crippen molar-refractivity contribution in [1.29, 1.82) is 0 Å². The standard InChI is InChI=1S/C24H23ClN4O2S2/c25-17-11-9-16(10-12-17)14-18-15-26-23(33-18)28-21(30)8-2-1-5-13-29-22(31)19-6-3-4-7-20(19)27-24(29)32/h3-4,6-7,9-12,15H,1-2,5,8,13-14H2,(H,27,32)(H,26,28,30). The Balaban J connectivity index is 1.22. The highest BCUT2D eigenvalue weighted by molar-refractivity contribution is 7.71. The number of nitrogens with one attached hydrogen (secondary N) is 2. The number of amides is 1. The second-order valence-corrected chi connectivity index (χ2v) is 9.66. The third-order valence-corrected chi connectivity index (χ3v) is 6.75. The number of benzene rings is 2. The fraction of sp³-hybridized carbons (Fsp3) is 0.250. The Kier molecular flexibility index (Phi) is 7.69. The van der Waals surface area contributed by atoms with E-state index in [0.29, 0.717) is 33.3 Å². The third kappa shape index (κ3) is 6.16. The molecule has 170 valence electrons. The lowest BCUT2D eigenvalue weighted by atomic mass is 10.1. The predicted octanol–water partition coefficient (Wildman–Crippen LogP) is 5.96. The number of halogens is 1. The van der Waals surface area contributed by atoms with Gasteiger partial charge in [-0.15, -0.1) is 11.3 Å². The molecule has 0 aliphatic rings. The number of aromatic nitrogens is 3. The van der Waals surface area contributed by atoms with Gasteiger partial charge in [0, 0.05) is 35.5 Å². The number of para-hydroxylation sites is 1. The second-order valence-electron chi connectivity index (χ2n) is 7.73. The lowest BCUT2D eigenvalue weighted by molar-refractivity contribution is -0.116. The number of thiazole rings is 1. The van der Waals surface area contributed by atoms with Gasteiger partial charge >= 0.3 is 0 Å². The van der Waals surface area contributed by atoms with Gasteiger partial charge in [0.2, 0.25) is 5.91 Å². The first-order valence-corrected chi connectivity index (χ1v) is 12.3. The molecule has 0 unspecified atom stereocenters. The van der Waals surface area contributed by atoms with Crippen LogP contribution in [0.5, 0.6) is 0 Å². The quantitative estimate of drug-likeness (QED) is 0.220. The molecule has 2 aromatic heterocycles. The molecule has 0 atom stereocenters. The van der Waals surface area contributed by atoms with Crippen molar-refractivity contribution in [3.05, 3.63) is 85.3 Å². The number of hydrogen-bond donors (Lipinski definition) is 2. The van der Waals surface area contributed by atoms with E-state index in [0.717, 1.165) is 41.6 Å². The van der Waals surface area contributed by atoms with Crippen LogP contribution in [0, 0.1) is 4.77 Å². The van der Waals surface area contributed by atoms with Gasteiger partial charge in [-0.1, -0.05) is 42.3 Å². The molecule has 0 spiro atoms. The van der Waals surface area contributed by atoms with E-state index < -0.39 is 0 Å². The molecular weight excluding hydrogens is 476 g/mol. The van der Waals surface area contributed by atoms with Crippen LogP contribution >= 0.6 is 35.2 Å². The molecule has 2 heterocycles. The van der Waals surface area contributed by atoms with E-state index in [1.807, 2.05) is 42.5 Å². The van der Waals surface area contributed by atoms with Crippen LogP contribution in [0.15, 0.2) is 59.5 Å². The van der Waals surface area contributed by atoms with Gasteiger partial charge in [-0.2, -0.15) is 0 Å².